The molecule has 0 saturated heterocycles. The van der Waals surface area contributed by atoms with Crippen molar-refractivity contribution in [2.45, 2.75) is 19.4 Å². The average molecular weight is 436 g/mol. The summed E-state index contributed by atoms with van der Waals surface area (Å²) in [5, 5.41) is 5.62. The highest BCUT2D eigenvalue weighted by atomic mass is 35.7. The summed E-state index contributed by atoms with van der Waals surface area (Å²) in [6, 6.07) is 23.8. The summed E-state index contributed by atoms with van der Waals surface area (Å²) in [7, 11) is 0. The zero-order valence-electron chi connectivity index (χ0n) is 15.9. The van der Waals surface area contributed by atoms with Crippen LogP contribution < -0.4 is 5.32 Å². The van der Waals surface area contributed by atoms with Crippen molar-refractivity contribution in [1.82, 2.24) is 0 Å². The van der Waals surface area contributed by atoms with Crippen molar-refractivity contribution in [3.8, 4) is 0 Å². The van der Waals surface area contributed by atoms with Crippen molar-refractivity contribution < 1.29 is 23.9 Å². The first-order chi connectivity index (χ1) is 13.8. The van der Waals surface area contributed by atoms with E-state index in [-0.39, 0.29) is 5.97 Å². The molecular weight excluding hydrogens is 413 g/mol. The van der Waals surface area contributed by atoms with Gasteiger partial charge < -0.3 is 19.8 Å². The zero-order chi connectivity index (χ0) is 21.3. The van der Waals surface area contributed by atoms with E-state index in [9.17, 15) is 4.79 Å². The van der Waals surface area contributed by atoms with Gasteiger partial charge in [0.2, 0.25) is 0 Å². The Balaban J connectivity index is 0.000000537. The smallest absolute Gasteiger partial charge is 0.419 e. The fraction of sp³-hybridized carbons (Fsp3) is 0.190. The SMILES string of the molecule is CCOC(=O)C(Cc1ccccc1)Nc1cccc2ccccc12.O=P(O)(O)Cl. The number of anilines is 1. The molecular formula is C21H23ClNO5P. The van der Waals surface area contributed by atoms with Gasteiger partial charge in [0, 0.05) is 28.7 Å². The maximum Gasteiger partial charge on any atom is 0.419 e. The molecule has 0 saturated carbocycles. The number of fused-ring (bicyclic) bond motifs is 1. The molecule has 29 heavy (non-hydrogen) atoms. The standard InChI is InChI=1S/C21H21NO2.ClH2O3P/c1-2-24-21(23)20(15-16-9-4-3-5-10-16)22-19-14-8-12-17-11-6-7-13-18(17)19;1-5(2,3)4/h3-14,20,22H,2,15H2,1H3;(H2,2,3,4). The molecule has 3 N–H and O–H groups in total. The van der Waals surface area contributed by atoms with Gasteiger partial charge in [0.15, 0.2) is 0 Å². The van der Waals surface area contributed by atoms with Gasteiger partial charge in [0.05, 0.1) is 6.61 Å². The molecule has 0 fully saturated rings. The molecule has 0 aliphatic carbocycles. The lowest BCUT2D eigenvalue weighted by atomic mass is 10.0. The van der Waals surface area contributed by atoms with Crippen LogP contribution in [0, 0.1) is 0 Å². The Hall–Kier alpha value is -2.37. The van der Waals surface area contributed by atoms with Crippen LogP contribution in [0.4, 0.5) is 5.69 Å². The summed E-state index contributed by atoms with van der Waals surface area (Å²) in [4.78, 5) is 27.2. The lowest BCUT2D eigenvalue weighted by Gasteiger charge is -2.20. The molecule has 0 heterocycles. The summed E-state index contributed by atoms with van der Waals surface area (Å²) in [6.07, 6.45) is 0.586. The number of carbonyl (C=O) groups is 1. The van der Waals surface area contributed by atoms with Crippen LogP contribution in [0.3, 0.4) is 0 Å². The third-order valence-corrected chi connectivity index (χ3v) is 3.97. The number of hydrogen-bond donors (Lipinski definition) is 3. The second kappa shape index (κ2) is 11.0. The number of hydrogen-bond acceptors (Lipinski definition) is 4. The largest absolute Gasteiger partial charge is 0.464 e. The molecule has 3 aromatic carbocycles. The van der Waals surface area contributed by atoms with Gasteiger partial charge in [-0.1, -0.05) is 66.7 Å². The molecule has 154 valence electrons. The van der Waals surface area contributed by atoms with E-state index < -0.39 is 13.0 Å². The first-order valence-corrected chi connectivity index (χ1v) is 11.5. The topological polar surface area (TPSA) is 95.9 Å². The van der Waals surface area contributed by atoms with Crippen LogP contribution in [-0.4, -0.2) is 28.4 Å². The molecule has 0 bridgehead atoms. The third-order valence-electron chi connectivity index (χ3n) is 3.97. The van der Waals surface area contributed by atoms with Gasteiger partial charge in [-0.25, -0.2) is 9.36 Å². The fourth-order valence-electron chi connectivity index (χ4n) is 2.82. The molecule has 6 nitrogen and oxygen atoms in total. The molecule has 0 aromatic heterocycles. The first kappa shape index (κ1) is 22.9. The van der Waals surface area contributed by atoms with Crippen LogP contribution in [0.15, 0.2) is 72.8 Å². The quantitative estimate of drug-likeness (QED) is 0.382. The lowest BCUT2D eigenvalue weighted by Crippen LogP contribution is -2.33. The summed E-state index contributed by atoms with van der Waals surface area (Å²) < 4.78 is 14.4. The van der Waals surface area contributed by atoms with Crippen LogP contribution in [0.25, 0.3) is 10.8 Å². The Bertz CT molecular complexity index is 963. The van der Waals surface area contributed by atoms with Crippen molar-refractivity contribution in [3.63, 3.8) is 0 Å². The molecule has 0 amide bonds. The van der Waals surface area contributed by atoms with E-state index in [1.54, 1.807) is 0 Å². The Morgan fingerprint density at radius 1 is 1.03 bits per heavy atom. The lowest BCUT2D eigenvalue weighted by molar-refractivity contribution is -0.144. The molecule has 0 aliphatic heterocycles. The Morgan fingerprint density at radius 2 is 1.62 bits per heavy atom. The van der Waals surface area contributed by atoms with E-state index in [4.69, 9.17) is 19.1 Å². The van der Waals surface area contributed by atoms with Gasteiger partial charge in [-0.3, -0.25) is 0 Å². The van der Waals surface area contributed by atoms with Crippen molar-refractivity contribution in [2.24, 2.45) is 0 Å². The molecule has 1 unspecified atom stereocenters. The van der Waals surface area contributed by atoms with E-state index in [0.717, 1.165) is 22.0 Å². The zero-order valence-corrected chi connectivity index (χ0v) is 17.5. The summed E-state index contributed by atoms with van der Waals surface area (Å²) in [6.45, 7) is -1.96. The number of rotatable bonds is 6. The van der Waals surface area contributed by atoms with Gasteiger partial charge in [-0.2, -0.15) is 0 Å². The number of halogens is 1. The van der Waals surface area contributed by atoms with E-state index in [1.807, 2.05) is 61.5 Å². The second-order valence-corrected chi connectivity index (χ2v) is 8.41. The molecule has 0 radical (unpaired) electrons. The maximum atomic E-state index is 12.4. The summed E-state index contributed by atoms with van der Waals surface area (Å²) >= 11 is 4.20. The predicted molar refractivity (Wildman–Crippen MR) is 116 cm³/mol. The summed E-state index contributed by atoms with van der Waals surface area (Å²) in [5.74, 6) is -0.228. The molecule has 1 atom stereocenters. The minimum absolute atomic E-state index is 0.228. The van der Waals surface area contributed by atoms with Crippen LogP contribution in [0.1, 0.15) is 12.5 Å². The van der Waals surface area contributed by atoms with E-state index in [2.05, 4.69) is 34.8 Å². The molecule has 0 spiro atoms. The van der Waals surface area contributed by atoms with Gasteiger partial charge in [-0.05, 0) is 23.9 Å². The van der Waals surface area contributed by atoms with Crippen molar-refractivity contribution in [2.75, 3.05) is 11.9 Å². The molecule has 8 heteroatoms. The normalized spacial score (nSPS) is 11.9. The van der Waals surface area contributed by atoms with Gasteiger partial charge in [0.25, 0.3) is 0 Å². The van der Waals surface area contributed by atoms with Crippen molar-refractivity contribution >= 4 is 40.6 Å². The number of nitrogens with one attached hydrogen (secondary N) is 1. The van der Waals surface area contributed by atoms with E-state index in [1.165, 1.54) is 0 Å². The number of ether oxygens (including phenoxy) is 1. The van der Waals surface area contributed by atoms with E-state index >= 15 is 0 Å². The van der Waals surface area contributed by atoms with Crippen LogP contribution in [-0.2, 0) is 20.5 Å². The summed E-state index contributed by atoms with van der Waals surface area (Å²) in [5.41, 5.74) is 2.05. The number of carbonyl (C=O) groups excluding carboxylic acids is 1. The van der Waals surface area contributed by atoms with Gasteiger partial charge in [-0.15, -0.1) is 0 Å². The van der Waals surface area contributed by atoms with Crippen LogP contribution in [0.2, 0.25) is 0 Å². The minimum atomic E-state index is -4.17. The number of esters is 1. The van der Waals surface area contributed by atoms with Crippen LogP contribution >= 0.6 is 18.2 Å². The van der Waals surface area contributed by atoms with Crippen molar-refractivity contribution in [1.29, 1.82) is 0 Å². The highest BCUT2D eigenvalue weighted by Crippen LogP contribution is 2.39. The average Bonchev–Trinajstić information content (AvgIpc) is 2.67. The number of benzene rings is 3. The van der Waals surface area contributed by atoms with Gasteiger partial charge in [0.1, 0.15) is 6.04 Å². The Kier molecular flexibility index (Phi) is 8.68. The highest BCUT2D eigenvalue weighted by Gasteiger charge is 2.20. The highest BCUT2D eigenvalue weighted by molar-refractivity contribution is 7.79. The Labute approximate surface area is 174 Å². The molecule has 3 rings (SSSR count). The molecule has 0 aliphatic rings. The fourth-order valence-corrected chi connectivity index (χ4v) is 2.82. The van der Waals surface area contributed by atoms with Gasteiger partial charge >= 0.3 is 12.9 Å². The monoisotopic (exact) mass is 435 g/mol. The molecule has 3 aromatic rings. The van der Waals surface area contributed by atoms with Crippen LogP contribution in [0.5, 0.6) is 0 Å². The Morgan fingerprint density at radius 3 is 2.28 bits per heavy atom. The van der Waals surface area contributed by atoms with Crippen molar-refractivity contribution in [3.05, 3.63) is 78.4 Å². The minimum Gasteiger partial charge on any atom is -0.464 e. The second-order valence-electron chi connectivity index (χ2n) is 6.14. The van der Waals surface area contributed by atoms with E-state index in [0.29, 0.717) is 13.0 Å². The third kappa shape index (κ3) is 8.26. The first-order valence-electron chi connectivity index (χ1n) is 8.98. The predicted octanol–water partition coefficient (Wildman–Crippen LogP) is 4.74. The maximum absolute atomic E-state index is 12.4.